The van der Waals surface area contributed by atoms with Gasteiger partial charge in [0.15, 0.2) is 46.5 Å². The van der Waals surface area contributed by atoms with E-state index >= 15 is 0 Å². The Morgan fingerprint density at radius 1 is 0.367 bits per heavy atom. The van der Waals surface area contributed by atoms with Crippen molar-refractivity contribution in [3.05, 3.63) is 82.4 Å². The number of nitrogens with one attached hydrogen (secondary N) is 2. The third-order valence-electron chi connectivity index (χ3n) is 3.87. The number of halogens is 10. The summed E-state index contributed by atoms with van der Waals surface area (Å²) in [7, 11) is 0. The van der Waals surface area contributed by atoms with Crippen LogP contribution in [0, 0.1) is 58.2 Å². The van der Waals surface area contributed by atoms with Crippen LogP contribution in [0.2, 0.25) is 0 Å². The van der Waals surface area contributed by atoms with Crippen molar-refractivity contribution >= 4 is 22.7 Å². The second kappa shape index (κ2) is 7.76. The standard InChI is InChI=1S/C18H6F10N2/c19-7-9(21)13(25)17(14(26)10(7)22)29-5-3-1-2-4-6(5)30-18-15(27)11(23)8(20)12(24)16(18)28/h1-4,29-30H. The zero-order valence-corrected chi connectivity index (χ0v) is 14.1. The average Bonchev–Trinajstić information content (AvgIpc) is 2.75. The SMILES string of the molecule is Fc1c(F)c(F)c(Nc2ccccc2Nc2c(F)c(F)c(F)c(F)c2F)c(F)c1F. The number of benzene rings is 3. The van der Waals surface area contributed by atoms with Gasteiger partial charge in [-0.2, -0.15) is 0 Å². The van der Waals surface area contributed by atoms with Gasteiger partial charge in [-0.1, -0.05) is 12.1 Å². The Kier molecular flexibility index (Phi) is 5.51. The van der Waals surface area contributed by atoms with Crippen molar-refractivity contribution in [2.45, 2.75) is 0 Å². The molecular formula is C18H6F10N2. The molecule has 0 unspecified atom stereocenters. The highest BCUT2D eigenvalue weighted by Gasteiger charge is 2.28. The van der Waals surface area contributed by atoms with E-state index in [1.165, 1.54) is 12.1 Å². The molecule has 0 aliphatic carbocycles. The van der Waals surface area contributed by atoms with Gasteiger partial charge in [0.25, 0.3) is 0 Å². The molecule has 2 N–H and O–H groups in total. The van der Waals surface area contributed by atoms with Crippen molar-refractivity contribution in [3.63, 3.8) is 0 Å². The molecule has 158 valence electrons. The van der Waals surface area contributed by atoms with Crippen molar-refractivity contribution in [2.24, 2.45) is 0 Å². The molecule has 12 heteroatoms. The van der Waals surface area contributed by atoms with Crippen LogP contribution in [0.1, 0.15) is 0 Å². The Morgan fingerprint density at radius 2 is 0.600 bits per heavy atom. The summed E-state index contributed by atoms with van der Waals surface area (Å²) >= 11 is 0. The molecule has 0 saturated heterocycles. The van der Waals surface area contributed by atoms with Gasteiger partial charge in [-0.05, 0) is 12.1 Å². The van der Waals surface area contributed by atoms with Gasteiger partial charge in [0, 0.05) is 0 Å². The molecule has 0 bridgehead atoms. The molecule has 0 spiro atoms. The summed E-state index contributed by atoms with van der Waals surface area (Å²) in [6.07, 6.45) is 0. The van der Waals surface area contributed by atoms with Crippen LogP contribution in [0.25, 0.3) is 0 Å². The Balaban J connectivity index is 2.09. The molecule has 0 atom stereocenters. The maximum absolute atomic E-state index is 13.9. The molecule has 0 amide bonds. The van der Waals surface area contributed by atoms with Crippen molar-refractivity contribution in [3.8, 4) is 0 Å². The van der Waals surface area contributed by atoms with Gasteiger partial charge < -0.3 is 10.6 Å². The van der Waals surface area contributed by atoms with Crippen LogP contribution in [0.15, 0.2) is 24.3 Å². The highest BCUT2D eigenvalue weighted by atomic mass is 19.2. The van der Waals surface area contributed by atoms with E-state index in [9.17, 15) is 43.9 Å². The normalized spacial score (nSPS) is 11.0. The first-order valence-electron chi connectivity index (χ1n) is 7.72. The summed E-state index contributed by atoms with van der Waals surface area (Å²) in [5.41, 5.74) is -4.02. The number of para-hydroxylation sites is 2. The van der Waals surface area contributed by atoms with E-state index in [0.717, 1.165) is 12.1 Å². The molecule has 0 fully saturated rings. The van der Waals surface area contributed by atoms with E-state index in [0.29, 0.717) is 0 Å². The fourth-order valence-corrected chi connectivity index (χ4v) is 2.40. The highest BCUT2D eigenvalue weighted by Crippen LogP contribution is 2.35. The van der Waals surface area contributed by atoms with Crippen LogP contribution >= 0.6 is 0 Å². The summed E-state index contributed by atoms with van der Waals surface area (Å²) in [5.74, 6) is -22.8. The summed E-state index contributed by atoms with van der Waals surface area (Å²) in [4.78, 5) is 0. The lowest BCUT2D eigenvalue weighted by Gasteiger charge is -2.16. The molecule has 3 rings (SSSR count). The first kappa shape index (κ1) is 21.3. The van der Waals surface area contributed by atoms with Crippen LogP contribution < -0.4 is 10.6 Å². The molecular weight excluding hydrogens is 434 g/mol. The molecule has 0 aliphatic rings. The minimum Gasteiger partial charge on any atom is -0.349 e. The minimum absolute atomic E-state index is 0.510. The summed E-state index contributed by atoms with van der Waals surface area (Å²) < 4.78 is 135. The van der Waals surface area contributed by atoms with Crippen LogP contribution in [0.3, 0.4) is 0 Å². The third kappa shape index (κ3) is 3.37. The van der Waals surface area contributed by atoms with E-state index in [4.69, 9.17) is 0 Å². The number of hydrogen-bond acceptors (Lipinski definition) is 2. The monoisotopic (exact) mass is 440 g/mol. The van der Waals surface area contributed by atoms with Gasteiger partial charge in [0.1, 0.15) is 11.4 Å². The molecule has 3 aromatic carbocycles. The Morgan fingerprint density at radius 3 is 0.867 bits per heavy atom. The number of rotatable bonds is 4. The quantitative estimate of drug-likeness (QED) is 0.273. The fourth-order valence-electron chi connectivity index (χ4n) is 2.40. The summed E-state index contributed by atoms with van der Waals surface area (Å²) in [6, 6.07) is 4.34. The lowest BCUT2D eigenvalue weighted by Crippen LogP contribution is -2.09. The van der Waals surface area contributed by atoms with E-state index < -0.39 is 80.9 Å². The van der Waals surface area contributed by atoms with Crippen molar-refractivity contribution < 1.29 is 43.9 Å². The minimum atomic E-state index is -2.41. The Bertz CT molecular complexity index is 1010. The van der Waals surface area contributed by atoms with Crippen molar-refractivity contribution in [1.82, 2.24) is 0 Å². The van der Waals surface area contributed by atoms with Crippen LogP contribution in [-0.4, -0.2) is 0 Å². The Labute approximate surface area is 160 Å². The predicted octanol–water partition coefficient (Wildman–Crippen LogP) is 6.56. The first-order chi connectivity index (χ1) is 14.1. The average molecular weight is 440 g/mol. The van der Waals surface area contributed by atoms with Crippen LogP contribution in [0.4, 0.5) is 66.7 Å². The smallest absolute Gasteiger partial charge is 0.200 e. The third-order valence-corrected chi connectivity index (χ3v) is 3.87. The van der Waals surface area contributed by atoms with Crippen molar-refractivity contribution in [1.29, 1.82) is 0 Å². The first-order valence-corrected chi connectivity index (χ1v) is 7.72. The van der Waals surface area contributed by atoms with Gasteiger partial charge >= 0.3 is 0 Å². The maximum Gasteiger partial charge on any atom is 0.200 e. The molecule has 2 nitrogen and oxygen atoms in total. The lowest BCUT2D eigenvalue weighted by atomic mass is 10.2. The van der Waals surface area contributed by atoms with Gasteiger partial charge in [-0.25, -0.2) is 43.9 Å². The maximum atomic E-state index is 13.9. The zero-order valence-electron chi connectivity index (χ0n) is 14.1. The Hall–Kier alpha value is -3.44. The molecule has 0 radical (unpaired) electrons. The largest absolute Gasteiger partial charge is 0.349 e. The van der Waals surface area contributed by atoms with Gasteiger partial charge in [-0.3, -0.25) is 0 Å². The molecule has 0 aliphatic heterocycles. The number of hydrogen-bond donors (Lipinski definition) is 2. The van der Waals surface area contributed by atoms with E-state index in [-0.39, 0.29) is 0 Å². The van der Waals surface area contributed by atoms with Gasteiger partial charge in [0.05, 0.1) is 11.4 Å². The molecule has 0 heterocycles. The predicted molar refractivity (Wildman–Crippen MR) is 85.5 cm³/mol. The van der Waals surface area contributed by atoms with Crippen LogP contribution in [-0.2, 0) is 0 Å². The van der Waals surface area contributed by atoms with Crippen LogP contribution in [0.5, 0.6) is 0 Å². The molecule has 3 aromatic rings. The summed E-state index contributed by atoms with van der Waals surface area (Å²) in [6.45, 7) is 0. The van der Waals surface area contributed by atoms with E-state index in [1.807, 2.05) is 10.6 Å². The fraction of sp³-hybridized carbons (Fsp3) is 0. The van der Waals surface area contributed by atoms with Gasteiger partial charge in [-0.15, -0.1) is 0 Å². The number of anilines is 4. The summed E-state index contributed by atoms with van der Waals surface area (Å²) in [5, 5.41) is 3.70. The van der Waals surface area contributed by atoms with E-state index in [1.54, 1.807) is 0 Å². The molecule has 0 saturated carbocycles. The highest BCUT2D eigenvalue weighted by molar-refractivity contribution is 5.79. The second-order valence-electron chi connectivity index (χ2n) is 5.69. The molecule has 30 heavy (non-hydrogen) atoms. The topological polar surface area (TPSA) is 24.1 Å². The second-order valence-corrected chi connectivity index (χ2v) is 5.69. The lowest BCUT2D eigenvalue weighted by molar-refractivity contribution is 0.382. The molecule has 0 aromatic heterocycles. The zero-order chi connectivity index (χ0) is 22.3. The van der Waals surface area contributed by atoms with E-state index in [2.05, 4.69) is 0 Å². The van der Waals surface area contributed by atoms with Crippen molar-refractivity contribution in [2.75, 3.05) is 10.6 Å². The van der Waals surface area contributed by atoms with Gasteiger partial charge in [0.2, 0.25) is 11.6 Å².